The molecule has 28 heavy (non-hydrogen) atoms. The third-order valence-electron chi connectivity index (χ3n) is 4.30. The molecule has 0 spiro atoms. The van der Waals surface area contributed by atoms with Crippen molar-refractivity contribution in [1.29, 1.82) is 0 Å². The number of benzene rings is 1. The van der Waals surface area contributed by atoms with E-state index in [0.717, 1.165) is 26.7 Å². The molecule has 142 valence electrons. The Hall–Kier alpha value is -2.91. The van der Waals surface area contributed by atoms with Crippen LogP contribution in [0.2, 0.25) is 0 Å². The maximum atomic E-state index is 12.4. The van der Waals surface area contributed by atoms with Gasteiger partial charge in [0.1, 0.15) is 22.2 Å². The number of amides is 1. The molecule has 4 aromatic rings. The van der Waals surface area contributed by atoms with Gasteiger partial charge in [-0.15, -0.1) is 11.3 Å². The molecule has 0 aliphatic rings. The van der Waals surface area contributed by atoms with Gasteiger partial charge in [-0.25, -0.2) is 14.8 Å². The Kier molecular flexibility index (Phi) is 5.27. The van der Waals surface area contributed by atoms with Crippen molar-refractivity contribution in [2.75, 3.05) is 5.75 Å². The highest BCUT2D eigenvalue weighted by Crippen LogP contribution is 2.27. The van der Waals surface area contributed by atoms with E-state index >= 15 is 0 Å². The van der Waals surface area contributed by atoms with Gasteiger partial charge < -0.3 is 15.4 Å². The number of rotatable bonds is 7. The molecule has 1 amide bonds. The number of para-hydroxylation sites is 1. The first-order chi connectivity index (χ1) is 13.6. The zero-order valence-corrected chi connectivity index (χ0v) is 16.2. The number of H-pyrrole nitrogens is 1. The SMILES string of the molecule is O=C(CSc1ncnc2sccc12)N[C@@H](Cc1c[nH]c2ccccc12)C(=O)O. The van der Waals surface area contributed by atoms with Crippen molar-refractivity contribution in [1.82, 2.24) is 20.3 Å². The molecule has 1 atom stereocenters. The normalized spacial score (nSPS) is 12.3. The predicted molar refractivity (Wildman–Crippen MR) is 110 cm³/mol. The van der Waals surface area contributed by atoms with E-state index in [0.29, 0.717) is 5.03 Å². The monoisotopic (exact) mass is 412 g/mol. The van der Waals surface area contributed by atoms with Gasteiger partial charge in [0.05, 0.1) is 5.75 Å². The summed E-state index contributed by atoms with van der Waals surface area (Å²) in [5.41, 5.74) is 1.79. The summed E-state index contributed by atoms with van der Waals surface area (Å²) in [6, 6.07) is 8.58. The van der Waals surface area contributed by atoms with Crippen LogP contribution in [0.15, 0.2) is 53.3 Å². The van der Waals surface area contributed by atoms with Crippen molar-refractivity contribution in [2.24, 2.45) is 0 Å². The zero-order valence-electron chi connectivity index (χ0n) is 14.6. The molecule has 0 saturated heterocycles. The van der Waals surface area contributed by atoms with Crippen LogP contribution in [0.3, 0.4) is 0 Å². The first kappa shape index (κ1) is 18.5. The van der Waals surface area contributed by atoms with Crippen molar-refractivity contribution in [3.8, 4) is 0 Å². The fourth-order valence-corrected chi connectivity index (χ4v) is 4.56. The number of nitrogens with one attached hydrogen (secondary N) is 2. The maximum Gasteiger partial charge on any atom is 0.326 e. The molecule has 0 bridgehead atoms. The molecule has 1 aromatic carbocycles. The Morgan fingerprint density at radius 1 is 1.21 bits per heavy atom. The lowest BCUT2D eigenvalue weighted by atomic mass is 10.1. The van der Waals surface area contributed by atoms with E-state index in [4.69, 9.17) is 0 Å². The molecular formula is C19H16N4O3S2. The van der Waals surface area contributed by atoms with E-state index in [1.165, 1.54) is 29.4 Å². The Morgan fingerprint density at radius 2 is 2.07 bits per heavy atom. The molecular weight excluding hydrogens is 396 g/mol. The third kappa shape index (κ3) is 3.85. The fourth-order valence-electron chi connectivity index (χ4n) is 2.97. The molecule has 0 aliphatic carbocycles. The summed E-state index contributed by atoms with van der Waals surface area (Å²) < 4.78 is 0. The highest BCUT2D eigenvalue weighted by Gasteiger charge is 2.22. The molecule has 4 rings (SSSR count). The van der Waals surface area contributed by atoms with Crippen molar-refractivity contribution >= 4 is 56.1 Å². The Bertz CT molecular complexity index is 1150. The Labute approximate surface area is 168 Å². The smallest absolute Gasteiger partial charge is 0.326 e. The van der Waals surface area contributed by atoms with Crippen LogP contribution in [0.25, 0.3) is 21.1 Å². The largest absolute Gasteiger partial charge is 0.480 e. The number of aromatic amines is 1. The topological polar surface area (TPSA) is 108 Å². The van der Waals surface area contributed by atoms with Gasteiger partial charge in [0.2, 0.25) is 5.91 Å². The van der Waals surface area contributed by atoms with Gasteiger partial charge in [0.15, 0.2) is 0 Å². The minimum atomic E-state index is -1.06. The molecule has 0 fully saturated rings. The summed E-state index contributed by atoms with van der Waals surface area (Å²) >= 11 is 2.78. The lowest BCUT2D eigenvalue weighted by molar-refractivity contribution is -0.141. The lowest BCUT2D eigenvalue weighted by Gasteiger charge is -2.14. The number of carboxylic acids is 1. The minimum absolute atomic E-state index is 0.0830. The lowest BCUT2D eigenvalue weighted by Crippen LogP contribution is -2.43. The van der Waals surface area contributed by atoms with Crippen LogP contribution < -0.4 is 5.32 Å². The molecule has 7 nitrogen and oxygen atoms in total. The van der Waals surface area contributed by atoms with Gasteiger partial charge in [-0.1, -0.05) is 30.0 Å². The first-order valence-corrected chi connectivity index (χ1v) is 10.4. The molecule has 0 radical (unpaired) electrons. The minimum Gasteiger partial charge on any atom is -0.480 e. The maximum absolute atomic E-state index is 12.4. The van der Waals surface area contributed by atoms with Crippen LogP contribution in [0.1, 0.15) is 5.56 Å². The van der Waals surface area contributed by atoms with Gasteiger partial charge in [0, 0.05) is 28.9 Å². The number of thiophene rings is 1. The molecule has 3 aromatic heterocycles. The number of fused-ring (bicyclic) bond motifs is 2. The number of aliphatic carboxylic acids is 1. The van der Waals surface area contributed by atoms with Gasteiger partial charge in [-0.2, -0.15) is 0 Å². The van der Waals surface area contributed by atoms with E-state index in [-0.39, 0.29) is 18.1 Å². The van der Waals surface area contributed by atoms with Crippen LogP contribution in [0.4, 0.5) is 0 Å². The molecule has 9 heteroatoms. The van der Waals surface area contributed by atoms with Crippen LogP contribution in [0, 0.1) is 0 Å². The predicted octanol–water partition coefficient (Wildman–Crippen LogP) is 3.08. The van der Waals surface area contributed by atoms with E-state index in [1.54, 1.807) is 6.20 Å². The average molecular weight is 412 g/mol. The molecule has 3 N–H and O–H groups in total. The first-order valence-electron chi connectivity index (χ1n) is 8.50. The second-order valence-corrected chi connectivity index (χ2v) is 7.99. The van der Waals surface area contributed by atoms with Gasteiger partial charge >= 0.3 is 5.97 Å². The molecule has 3 heterocycles. The van der Waals surface area contributed by atoms with E-state index in [9.17, 15) is 14.7 Å². The Morgan fingerprint density at radius 3 is 2.93 bits per heavy atom. The number of carbonyl (C=O) groups excluding carboxylic acids is 1. The number of carbonyl (C=O) groups is 2. The summed E-state index contributed by atoms with van der Waals surface area (Å²) in [7, 11) is 0. The van der Waals surface area contributed by atoms with Gasteiger partial charge in [-0.3, -0.25) is 4.79 Å². The van der Waals surface area contributed by atoms with Gasteiger partial charge in [0.25, 0.3) is 0 Å². The molecule has 0 saturated carbocycles. The number of hydrogen-bond donors (Lipinski definition) is 3. The molecule has 0 aliphatic heterocycles. The highest BCUT2D eigenvalue weighted by atomic mass is 32.2. The van der Waals surface area contributed by atoms with Crippen molar-refractivity contribution in [3.63, 3.8) is 0 Å². The highest BCUT2D eigenvalue weighted by molar-refractivity contribution is 8.00. The summed E-state index contributed by atoms with van der Waals surface area (Å²) in [5.74, 6) is -1.33. The van der Waals surface area contributed by atoms with E-state index < -0.39 is 12.0 Å². The summed E-state index contributed by atoms with van der Waals surface area (Å²) in [5, 5.41) is 16.7. The van der Waals surface area contributed by atoms with Crippen LogP contribution in [-0.4, -0.2) is 43.7 Å². The zero-order chi connectivity index (χ0) is 19.5. The van der Waals surface area contributed by atoms with Crippen LogP contribution in [0.5, 0.6) is 0 Å². The van der Waals surface area contributed by atoms with E-state index in [1.807, 2.05) is 35.7 Å². The van der Waals surface area contributed by atoms with Gasteiger partial charge in [-0.05, 0) is 23.1 Å². The second-order valence-electron chi connectivity index (χ2n) is 6.13. The average Bonchev–Trinajstić information content (AvgIpc) is 3.33. The van der Waals surface area contributed by atoms with Crippen LogP contribution in [-0.2, 0) is 16.0 Å². The summed E-state index contributed by atoms with van der Waals surface area (Å²) in [6.45, 7) is 0. The van der Waals surface area contributed by atoms with E-state index in [2.05, 4.69) is 20.3 Å². The number of nitrogens with zero attached hydrogens (tertiary/aromatic N) is 2. The standard InChI is InChI=1S/C19H16N4O3S2/c24-16(9-28-18-13-5-6-27-17(13)21-10-22-18)23-15(19(25)26)7-11-8-20-14-4-2-1-3-12(11)14/h1-6,8,10,15,20H,7,9H2,(H,23,24)(H,25,26)/t15-/m0/s1. The summed E-state index contributed by atoms with van der Waals surface area (Å²) in [6.07, 6.45) is 3.46. The Balaban J connectivity index is 1.42. The quantitative estimate of drug-likeness (QED) is 0.318. The number of carboxylic acid groups (broad SMARTS) is 1. The number of hydrogen-bond acceptors (Lipinski definition) is 6. The summed E-state index contributed by atoms with van der Waals surface area (Å²) in [4.78, 5) is 36.4. The number of thioether (sulfide) groups is 1. The molecule has 0 unspecified atom stereocenters. The fraction of sp³-hybridized carbons (Fsp3) is 0.158. The number of aromatic nitrogens is 3. The van der Waals surface area contributed by atoms with Crippen molar-refractivity contribution < 1.29 is 14.7 Å². The third-order valence-corrected chi connectivity index (χ3v) is 6.12. The van der Waals surface area contributed by atoms with Crippen LogP contribution >= 0.6 is 23.1 Å². The second kappa shape index (κ2) is 7.99. The van der Waals surface area contributed by atoms with Crippen molar-refractivity contribution in [2.45, 2.75) is 17.5 Å². The van der Waals surface area contributed by atoms with Crippen molar-refractivity contribution in [3.05, 3.63) is 53.8 Å².